The van der Waals surface area contributed by atoms with Gasteiger partial charge in [-0.25, -0.2) is 0 Å². The summed E-state index contributed by atoms with van der Waals surface area (Å²) in [6.45, 7) is 0. The quantitative estimate of drug-likeness (QED) is 0.246. The summed E-state index contributed by atoms with van der Waals surface area (Å²) >= 11 is 0. The van der Waals surface area contributed by atoms with Crippen LogP contribution in [0.3, 0.4) is 0 Å². The minimum Gasteiger partial charge on any atom is -1.00 e. The minimum absolute atomic E-state index is 0. The zero-order chi connectivity index (χ0) is 23.8. The van der Waals surface area contributed by atoms with E-state index >= 15 is 0 Å². The first-order valence-electron chi connectivity index (χ1n) is 12.2. The van der Waals surface area contributed by atoms with E-state index in [1.807, 2.05) is 36.4 Å². The fraction of sp³-hybridized carbons (Fsp3) is 0.0909. The van der Waals surface area contributed by atoms with Crippen LogP contribution in [0.2, 0.25) is 0 Å². The van der Waals surface area contributed by atoms with Crippen molar-refractivity contribution in [2.75, 3.05) is 6.16 Å². The van der Waals surface area contributed by atoms with Crippen molar-refractivity contribution < 1.29 is 21.7 Å². The molecule has 0 aliphatic heterocycles. The van der Waals surface area contributed by atoms with Crippen LogP contribution in [0.5, 0.6) is 11.5 Å². The first-order valence-corrected chi connectivity index (χ1v) is 14.2. The summed E-state index contributed by atoms with van der Waals surface area (Å²) in [4.78, 5) is 0. The van der Waals surface area contributed by atoms with Crippen molar-refractivity contribution in [2.24, 2.45) is 0 Å². The summed E-state index contributed by atoms with van der Waals surface area (Å²) in [5.74, 6) is 1.76. The summed E-state index contributed by atoms with van der Waals surface area (Å²) in [5, 5.41) is 4.33. The molecule has 5 aromatic carbocycles. The average molecular weight is 553 g/mol. The lowest BCUT2D eigenvalue weighted by atomic mass is 10.1. The van der Waals surface area contributed by atoms with Gasteiger partial charge in [0.1, 0.15) is 34.7 Å². The Labute approximate surface area is 225 Å². The van der Waals surface area contributed by atoms with Crippen molar-refractivity contribution in [3.63, 3.8) is 0 Å². The Morgan fingerprint density at radius 2 is 0.917 bits per heavy atom. The van der Waals surface area contributed by atoms with Crippen molar-refractivity contribution in [3.05, 3.63) is 151 Å². The first-order chi connectivity index (χ1) is 17.3. The van der Waals surface area contributed by atoms with E-state index in [1.54, 1.807) is 0 Å². The van der Waals surface area contributed by atoms with Crippen LogP contribution in [0.25, 0.3) is 0 Å². The third-order valence-corrected chi connectivity index (χ3v) is 11.0. The predicted molar refractivity (Wildman–Crippen MR) is 151 cm³/mol. The van der Waals surface area contributed by atoms with Gasteiger partial charge in [-0.2, -0.15) is 0 Å². The third kappa shape index (κ3) is 5.95. The summed E-state index contributed by atoms with van der Waals surface area (Å²) in [5.41, 5.74) is 1.31. The summed E-state index contributed by atoms with van der Waals surface area (Å²) in [7, 11) is -1.79. The van der Waals surface area contributed by atoms with Crippen LogP contribution in [-0.4, -0.2) is 6.16 Å². The topological polar surface area (TPSA) is 9.23 Å². The normalized spacial score (nSPS) is 10.9. The largest absolute Gasteiger partial charge is 1.00 e. The lowest BCUT2D eigenvalue weighted by molar-refractivity contribution is -0.00000732. The Hall–Kier alpha value is -3.19. The minimum atomic E-state index is -1.79. The van der Waals surface area contributed by atoms with Gasteiger partial charge >= 0.3 is 0 Å². The Morgan fingerprint density at radius 3 is 1.42 bits per heavy atom. The molecule has 36 heavy (non-hydrogen) atoms. The van der Waals surface area contributed by atoms with Crippen molar-refractivity contribution in [2.45, 2.75) is 12.8 Å². The third-order valence-electron chi connectivity index (χ3n) is 6.43. The molecule has 0 N–H and O–H groups in total. The maximum atomic E-state index is 6.08. The van der Waals surface area contributed by atoms with Crippen molar-refractivity contribution in [3.8, 4) is 11.5 Å². The van der Waals surface area contributed by atoms with Gasteiger partial charge < -0.3 is 21.7 Å². The van der Waals surface area contributed by atoms with E-state index in [0.29, 0.717) is 0 Å². The molecule has 0 amide bonds. The van der Waals surface area contributed by atoms with Crippen LogP contribution in [0.15, 0.2) is 146 Å². The number of hydrogen-bond acceptors (Lipinski definition) is 1. The van der Waals surface area contributed by atoms with Gasteiger partial charge in [-0.3, -0.25) is 0 Å². The molecule has 0 atom stereocenters. The Bertz CT molecular complexity index is 1230. The van der Waals surface area contributed by atoms with E-state index in [1.165, 1.54) is 21.5 Å². The maximum Gasteiger partial charge on any atom is 0.127 e. The highest BCUT2D eigenvalue weighted by Gasteiger charge is 2.44. The molecule has 5 rings (SSSR count). The molecule has 0 aliphatic carbocycles. The highest BCUT2D eigenvalue weighted by Crippen LogP contribution is 2.55. The SMILES string of the molecule is [Br-].c1ccc(Oc2cccc(CCC[P+](c3ccccc3)(c3ccccc3)c3ccccc3)c2)cc1. The molecule has 0 bridgehead atoms. The molecule has 0 aliphatic rings. The second-order valence-electron chi connectivity index (χ2n) is 8.71. The zero-order valence-electron chi connectivity index (χ0n) is 20.2. The fourth-order valence-electron chi connectivity index (χ4n) is 4.79. The van der Waals surface area contributed by atoms with Crippen LogP contribution in [0.4, 0.5) is 0 Å². The molecule has 3 heteroatoms. The Morgan fingerprint density at radius 1 is 0.472 bits per heavy atom. The molecule has 0 heterocycles. The number of ether oxygens (including phenoxy) is 1. The van der Waals surface area contributed by atoms with Crippen molar-refractivity contribution in [1.29, 1.82) is 0 Å². The molecule has 5 aromatic rings. The van der Waals surface area contributed by atoms with Crippen LogP contribution < -0.4 is 37.6 Å². The van der Waals surface area contributed by atoms with E-state index in [4.69, 9.17) is 4.74 Å². The predicted octanol–water partition coefficient (Wildman–Crippen LogP) is 4.41. The lowest BCUT2D eigenvalue weighted by Crippen LogP contribution is -3.00. The van der Waals surface area contributed by atoms with E-state index in [9.17, 15) is 0 Å². The highest BCUT2D eigenvalue weighted by atomic mass is 79.9. The van der Waals surface area contributed by atoms with Crippen molar-refractivity contribution >= 4 is 23.2 Å². The van der Waals surface area contributed by atoms with Gasteiger partial charge in [0, 0.05) is 0 Å². The van der Waals surface area contributed by atoms with Gasteiger partial charge in [0.15, 0.2) is 0 Å². The van der Waals surface area contributed by atoms with E-state index in [0.717, 1.165) is 30.5 Å². The molecule has 0 unspecified atom stereocenters. The zero-order valence-corrected chi connectivity index (χ0v) is 22.7. The number of rotatable bonds is 9. The monoisotopic (exact) mass is 552 g/mol. The van der Waals surface area contributed by atoms with Gasteiger partial charge in [-0.15, -0.1) is 0 Å². The van der Waals surface area contributed by atoms with Gasteiger partial charge in [0.2, 0.25) is 0 Å². The number of benzene rings is 5. The molecular weight excluding hydrogens is 523 g/mol. The molecule has 0 fully saturated rings. The van der Waals surface area contributed by atoms with Gasteiger partial charge in [0.25, 0.3) is 0 Å². The summed E-state index contributed by atoms with van der Waals surface area (Å²) < 4.78 is 6.08. The second-order valence-corrected chi connectivity index (χ2v) is 12.3. The highest BCUT2D eigenvalue weighted by molar-refractivity contribution is 7.95. The number of hydrogen-bond donors (Lipinski definition) is 0. The molecule has 0 saturated carbocycles. The smallest absolute Gasteiger partial charge is 0.127 e. The van der Waals surface area contributed by atoms with E-state index in [-0.39, 0.29) is 17.0 Å². The molecule has 180 valence electrons. The van der Waals surface area contributed by atoms with Crippen LogP contribution in [0.1, 0.15) is 12.0 Å². The van der Waals surface area contributed by atoms with Crippen molar-refractivity contribution in [1.82, 2.24) is 0 Å². The molecular formula is C33H30BrOP. The van der Waals surface area contributed by atoms with Crippen LogP contribution in [-0.2, 0) is 6.42 Å². The van der Waals surface area contributed by atoms with E-state index < -0.39 is 7.26 Å². The number of halogens is 1. The first kappa shape index (κ1) is 25.9. The average Bonchev–Trinajstić information content (AvgIpc) is 2.93. The summed E-state index contributed by atoms with van der Waals surface area (Å²) in [6.07, 6.45) is 3.23. The number of para-hydroxylation sites is 1. The molecule has 0 saturated heterocycles. The number of aryl methyl sites for hydroxylation is 1. The van der Waals surface area contributed by atoms with Gasteiger partial charge in [-0.1, -0.05) is 84.9 Å². The van der Waals surface area contributed by atoms with Gasteiger partial charge in [0.05, 0.1) is 6.16 Å². The standard InChI is InChI=1S/C33H30OP.BrH/c1-5-17-29(18-6-1)34-30-19-13-15-28(27-30)16-14-26-35(31-20-7-2-8-21-31,32-22-9-3-10-23-32)33-24-11-4-12-25-33;/h1-13,15,17-25,27H,14,16,26H2;1H/q+1;/p-1. The van der Waals surface area contributed by atoms with Crippen LogP contribution >= 0.6 is 7.26 Å². The molecule has 0 aromatic heterocycles. The molecule has 0 radical (unpaired) electrons. The second kappa shape index (κ2) is 12.7. The van der Waals surface area contributed by atoms with Crippen LogP contribution in [0, 0.1) is 0 Å². The molecule has 0 spiro atoms. The Kier molecular flexibility index (Phi) is 9.11. The maximum absolute atomic E-state index is 6.08. The summed E-state index contributed by atoms with van der Waals surface area (Å²) in [6, 6.07) is 51.9. The van der Waals surface area contributed by atoms with E-state index in [2.05, 4.69) is 109 Å². The Balaban J connectivity index is 0.00000304. The van der Waals surface area contributed by atoms with Gasteiger partial charge in [-0.05, 0) is 79.1 Å². The lowest BCUT2D eigenvalue weighted by Gasteiger charge is -2.27. The molecule has 1 nitrogen and oxygen atoms in total. The fourth-order valence-corrected chi connectivity index (χ4v) is 9.14.